The normalized spacial score (nSPS) is 23.7. The Balaban J connectivity index is 2.48. The largest absolute Gasteiger partial charge is 0.463 e. The van der Waals surface area contributed by atoms with Crippen molar-refractivity contribution in [3.05, 3.63) is 34.2 Å². The van der Waals surface area contributed by atoms with Crippen molar-refractivity contribution in [3.63, 3.8) is 0 Å². The van der Waals surface area contributed by atoms with Gasteiger partial charge in [0.25, 0.3) is 11.5 Å². The number of nitrogens with zero attached hydrogens (tertiary/aromatic N) is 1. The summed E-state index contributed by atoms with van der Waals surface area (Å²) >= 11 is 0. The zero-order valence-electron chi connectivity index (χ0n) is 15.4. The molecule has 0 aliphatic carbocycles. The van der Waals surface area contributed by atoms with Crippen LogP contribution in [-0.4, -0.2) is 53.3 Å². The number of ether oxygens (including phenoxy) is 4. The van der Waals surface area contributed by atoms with E-state index in [1.165, 1.54) is 25.3 Å². The molecule has 2 heterocycles. The van der Waals surface area contributed by atoms with E-state index in [4.69, 9.17) is 24.7 Å². The average Bonchev–Trinajstić information content (AvgIpc) is 2.89. The maximum absolute atomic E-state index is 12.6. The number of primary amides is 1. The molecule has 2 N–H and O–H groups in total. The molecule has 1 amide bonds. The molecular weight excluding hydrogens is 376 g/mol. The van der Waals surface area contributed by atoms with Crippen LogP contribution >= 0.6 is 0 Å². The molecule has 28 heavy (non-hydrogen) atoms. The maximum Gasteiger partial charge on any atom is 0.303 e. The predicted octanol–water partition coefficient (Wildman–Crippen LogP) is -0.729. The van der Waals surface area contributed by atoms with Gasteiger partial charge >= 0.3 is 17.9 Å². The number of hydrogen-bond donors (Lipinski definition) is 1. The second kappa shape index (κ2) is 8.65. The van der Waals surface area contributed by atoms with Gasteiger partial charge < -0.3 is 24.7 Å². The van der Waals surface area contributed by atoms with Crippen molar-refractivity contribution < 1.29 is 38.1 Å². The second-order valence-electron chi connectivity index (χ2n) is 6.01. The molecule has 1 aliphatic heterocycles. The topological polar surface area (TPSA) is 153 Å². The molecule has 1 aromatic heterocycles. The van der Waals surface area contributed by atoms with Crippen LogP contribution in [0.3, 0.4) is 0 Å². The average molecular weight is 396 g/mol. The monoisotopic (exact) mass is 396 g/mol. The van der Waals surface area contributed by atoms with Crippen LogP contribution in [0.4, 0.5) is 0 Å². The third-order valence-corrected chi connectivity index (χ3v) is 3.85. The number of pyridine rings is 1. The highest BCUT2D eigenvalue weighted by Crippen LogP contribution is 2.33. The van der Waals surface area contributed by atoms with Crippen molar-refractivity contribution in [2.45, 2.75) is 45.3 Å². The summed E-state index contributed by atoms with van der Waals surface area (Å²) in [5, 5.41) is 0. The van der Waals surface area contributed by atoms with E-state index in [9.17, 15) is 24.0 Å². The van der Waals surface area contributed by atoms with E-state index in [1.807, 2.05) is 0 Å². The molecule has 11 nitrogen and oxygen atoms in total. The smallest absolute Gasteiger partial charge is 0.303 e. The Morgan fingerprint density at radius 1 is 1.07 bits per heavy atom. The number of amides is 1. The number of rotatable bonds is 6. The first-order valence-electron chi connectivity index (χ1n) is 8.26. The van der Waals surface area contributed by atoms with Gasteiger partial charge in [0.05, 0.1) is 0 Å². The number of nitrogens with two attached hydrogens (primary N) is 1. The lowest BCUT2D eigenvalue weighted by Crippen LogP contribution is -2.42. The molecule has 0 saturated carbocycles. The van der Waals surface area contributed by atoms with Gasteiger partial charge in [0.15, 0.2) is 18.4 Å². The predicted molar refractivity (Wildman–Crippen MR) is 90.9 cm³/mol. The molecule has 1 fully saturated rings. The highest BCUT2D eigenvalue weighted by Gasteiger charge is 2.50. The van der Waals surface area contributed by atoms with Crippen LogP contribution in [0, 0.1) is 0 Å². The summed E-state index contributed by atoms with van der Waals surface area (Å²) in [7, 11) is 0. The van der Waals surface area contributed by atoms with Crippen molar-refractivity contribution in [1.82, 2.24) is 4.57 Å². The van der Waals surface area contributed by atoms with Crippen LogP contribution in [0.2, 0.25) is 0 Å². The number of aromatic nitrogens is 1. The number of carbonyl (C=O) groups excluding carboxylic acids is 4. The van der Waals surface area contributed by atoms with E-state index >= 15 is 0 Å². The first kappa shape index (κ1) is 21.1. The first-order valence-corrected chi connectivity index (χ1v) is 8.26. The molecule has 0 spiro atoms. The molecule has 0 aromatic carbocycles. The molecule has 4 atom stereocenters. The van der Waals surface area contributed by atoms with Crippen molar-refractivity contribution in [1.29, 1.82) is 0 Å². The summed E-state index contributed by atoms with van der Waals surface area (Å²) < 4.78 is 22.1. The minimum Gasteiger partial charge on any atom is -0.463 e. The van der Waals surface area contributed by atoms with E-state index in [0.29, 0.717) is 0 Å². The summed E-state index contributed by atoms with van der Waals surface area (Å²) in [4.78, 5) is 58.3. The van der Waals surface area contributed by atoms with E-state index in [0.717, 1.165) is 18.4 Å². The van der Waals surface area contributed by atoms with Gasteiger partial charge in [-0.25, -0.2) is 0 Å². The summed E-state index contributed by atoms with van der Waals surface area (Å²) in [5.74, 6) is -2.97. The molecule has 1 aromatic rings. The van der Waals surface area contributed by atoms with Gasteiger partial charge in [-0.05, 0) is 12.1 Å². The Kier molecular flexibility index (Phi) is 6.52. The lowest BCUT2D eigenvalue weighted by Gasteiger charge is -2.24. The maximum atomic E-state index is 12.6. The Morgan fingerprint density at radius 3 is 2.21 bits per heavy atom. The molecule has 1 aliphatic rings. The Bertz CT molecular complexity index is 847. The minimum absolute atomic E-state index is 0.305. The fourth-order valence-electron chi connectivity index (χ4n) is 2.81. The molecule has 0 radical (unpaired) electrons. The SMILES string of the molecule is CC(=O)OC[C@H]1O[C@@H](n2cccc(C(N)=O)c2=O)[C@H](OC(C)=O)[C@@H]1OC(C)=O. The third-order valence-electron chi connectivity index (χ3n) is 3.85. The highest BCUT2D eigenvalue weighted by atomic mass is 16.7. The summed E-state index contributed by atoms with van der Waals surface area (Å²) in [6.07, 6.45) is -3.36. The van der Waals surface area contributed by atoms with E-state index in [-0.39, 0.29) is 12.2 Å². The third kappa shape index (κ3) is 4.74. The Hall–Kier alpha value is -3.21. The summed E-state index contributed by atoms with van der Waals surface area (Å²) in [5.41, 5.74) is 4.10. The van der Waals surface area contributed by atoms with Crippen LogP contribution < -0.4 is 11.3 Å². The lowest BCUT2D eigenvalue weighted by molar-refractivity contribution is -0.166. The fraction of sp³-hybridized carbons (Fsp3) is 0.471. The molecule has 0 bridgehead atoms. The van der Waals surface area contributed by atoms with Gasteiger partial charge in [0.2, 0.25) is 0 Å². The van der Waals surface area contributed by atoms with Gasteiger partial charge in [0, 0.05) is 27.0 Å². The fourth-order valence-corrected chi connectivity index (χ4v) is 2.81. The van der Waals surface area contributed by atoms with Gasteiger partial charge in [-0.3, -0.25) is 28.5 Å². The zero-order chi connectivity index (χ0) is 21.0. The van der Waals surface area contributed by atoms with Crippen molar-refractivity contribution >= 4 is 23.8 Å². The molecule has 11 heteroatoms. The first-order chi connectivity index (χ1) is 13.1. The number of esters is 3. The lowest BCUT2D eigenvalue weighted by atomic mass is 10.1. The molecular formula is C17H20N2O9. The molecule has 1 saturated heterocycles. The zero-order valence-corrected chi connectivity index (χ0v) is 15.4. The highest BCUT2D eigenvalue weighted by molar-refractivity contribution is 5.92. The van der Waals surface area contributed by atoms with Crippen LogP contribution in [0.15, 0.2) is 23.1 Å². The molecule has 2 rings (SSSR count). The van der Waals surface area contributed by atoms with Crippen molar-refractivity contribution in [2.75, 3.05) is 6.61 Å². The van der Waals surface area contributed by atoms with Gasteiger partial charge in [-0.15, -0.1) is 0 Å². The van der Waals surface area contributed by atoms with Crippen LogP contribution in [-0.2, 0) is 33.3 Å². The minimum atomic E-state index is -1.25. The van der Waals surface area contributed by atoms with Gasteiger partial charge in [-0.1, -0.05) is 0 Å². The Labute approximate surface area is 159 Å². The molecule has 0 unspecified atom stereocenters. The number of hydrogen-bond acceptors (Lipinski definition) is 9. The second-order valence-corrected chi connectivity index (χ2v) is 6.01. The van der Waals surface area contributed by atoms with E-state index < -0.39 is 53.9 Å². The number of carbonyl (C=O) groups is 4. The van der Waals surface area contributed by atoms with Crippen molar-refractivity contribution in [2.24, 2.45) is 5.73 Å². The standard InChI is InChI=1S/C17H20N2O9/c1-8(20)25-7-12-13(26-9(2)21)14(27-10(3)22)17(28-12)19-6-4-5-11(15(18)23)16(19)24/h4-6,12-14,17H,7H2,1-3H3,(H2,18,23)/t12-,13-,14-,17-/m1/s1. The summed E-state index contributed by atoms with van der Waals surface area (Å²) in [6.45, 7) is 3.13. The van der Waals surface area contributed by atoms with Crippen LogP contribution in [0.1, 0.15) is 37.4 Å². The van der Waals surface area contributed by atoms with Gasteiger partial charge in [-0.2, -0.15) is 0 Å². The van der Waals surface area contributed by atoms with E-state index in [1.54, 1.807) is 0 Å². The molecule has 152 valence electrons. The van der Waals surface area contributed by atoms with Crippen LogP contribution in [0.25, 0.3) is 0 Å². The Morgan fingerprint density at radius 2 is 1.68 bits per heavy atom. The van der Waals surface area contributed by atoms with Crippen LogP contribution in [0.5, 0.6) is 0 Å². The van der Waals surface area contributed by atoms with Crippen molar-refractivity contribution in [3.8, 4) is 0 Å². The van der Waals surface area contributed by atoms with E-state index in [2.05, 4.69) is 0 Å². The van der Waals surface area contributed by atoms with Gasteiger partial charge in [0.1, 0.15) is 18.3 Å². The summed E-state index contributed by atoms with van der Waals surface area (Å²) in [6, 6.07) is 2.62. The quantitative estimate of drug-likeness (QED) is 0.484.